The van der Waals surface area contributed by atoms with Gasteiger partial charge in [-0.05, 0) is 42.3 Å². The molecule has 1 aliphatic rings. The summed E-state index contributed by atoms with van der Waals surface area (Å²) in [5, 5.41) is 22.8. The highest BCUT2D eigenvalue weighted by Gasteiger charge is 2.57. The van der Waals surface area contributed by atoms with E-state index < -0.39 is 35.9 Å². The molecule has 0 radical (unpaired) electrons. The Morgan fingerprint density at radius 2 is 1.40 bits per heavy atom. The van der Waals surface area contributed by atoms with Gasteiger partial charge in [0.25, 0.3) is 0 Å². The fourth-order valence-electron chi connectivity index (χ4n) is 5.55. The van der Waals surface area contributed by atoms with Crippen molar-refractivity contribution < 1.29 is 19.5 Å². The Balaban J connectivity index is 1.71. The van der Waals surface area contributed by atoms with Gasteiger partial charge in [0.05, 0.1) is 23.6 Å². The van der Waals surface area contributed by atoms with Gasteiger partial charge in [0.1, 0.15) is 6.04 Å². The topological polar surface area (TPSA) is 110 Å². The molecule has 0 aliphatic carbocycles. The molecule has 4 unspecified atom stereocenters. The molecule has 4 aromatic carbocycles. The van der Waals surface area contributed by atoms with Crippen LogP contribution in [0.2, 0.25) is 0 Å². The first-order valence-corrected chi connectivity index (χ1v) is 12.9. The third-order valence-corrected chi connectivity index (χ3v) is 7.38. The zero-order valence-electron chi connectivity index (χ0n) is 21.8. The molecule has 1 saturated heterocycles. The second-order valence-corrected chi connectivity index (χ2v) is 9.86. The van der Waals surface area contributed by atoms with Crippen molar-refractivity contribution in [2.75, 3.05) is 5.32 Å². The number of urea groups is 1. The number of amides is 2. The van der Waals surface area contributed by atoms with Crippen LogP contribution in [-0.2, 0) is 4.79 Å². The fraction of sp³-hybridized carbons (Fsp3) is 0.152. The highest BCUT2D eigenvalue weighted by atomic mass is 16.4. The van der Waals surface area contributed by atoms with Gasteiger partial charge in [-0.1, -0.05) is 90.5 Å². The van der Waals surface area contributed by atoms with E-state index in [2.05, 4.69) is 11.4 Å². The lowest BCUT2D eigenvalue weighted by Gasteiger charge is -2.30. The molecule has 0 saturated carbocycles. The van der Waals surface area contributed by atoms with Gasteiger partial charge in [-0.2, -0.15) is 5.26 Å². The number of hydrogen-bond donors (Lipinski definition) is 2. The summed E-state index contributed by atoms with van der Waals surface area (Å²) in [4.78, 5) is 42.5. The van der Waals surface area contributed by atoms with Gasteiger partial charge in [0.2, 0.25) is 0 Å². The van der Waals surface area contributed by atoms with Crippen LogP contribution in [-0.4, -0.2) is 33.8 Å². The molecule has 1 heterocycles. The second kappa shape index (κ2) is 11.3. The quantitative estimate of drug-likeness (QED) is 0.289. The third kappa shape index (κ3) is 5.07. The van der Waals surface area contributed by atoms with Crippen LogP contribution in [0.3, 0.4) is 0 Å². The fourth-order valence-corrected chi connectivity index (χ4v) is 5.55. The summed E-state index contributed by atoms with van der Waals surface area (Å²) >= 11 is 0. The summed E-state index contributed by atoms with van der Waals surface area (Å²) < 4.78 is 0. The van der Waals surface area contributed by atoms with Crippen molar-refractivity contribution in [2.45, 2.75) is 24.9 Å². The van der Waals surface area contributed by atoms with E-state index in [0.29, 0.717) is 27.9 Å². The molecule has 2 amide bonds. The van der Waals surface area contributed by atoms with Crippen LogP contribution in [0, 0.1) is 24.2 Å². The number of carbonyl (C=O) groups is 3. The number of nitriles is 1. The van der Waals surface area contributed by atoms with Crippen LogP contribution in [0.25, 0.3) is 0 Å². The van der Waals surface area contributed by atoms with E-state index in [4.69, 9.17) is 0 Å². The largest absolute Gasteiger partial charge is 0.480 e. The summed E-state index contributed by atoms with van der Waals surface area (Å²) in [6.45, 7) is 1.93. The van der Waals surface area contributed by atoms with Crippen molar-refractivity contribution in [1.29, 1.82) is 5.26 Å². The van der Waals surface area contributed by atoms with Crippen molar-refractivity contribution in [1.82, 2.24) is 4.90 Å². The minimum atomic E-state index is -1.34. The lowest BCUT2D eigenvalue weighted by atomic mass is 9.76. The second-order valence-electron chi connectivity index (χ2n) is 9.86. The van der Waals surface area contributed by atoms with Gasteiger partial charge < -0.3 is 15.3 Å². The van der Waals surface area contributed by atoms with Gasteiger partial charge in [-0.3, -0.25) is 4.79 Å². The zero-order chi connectivity index (χ0) is 28.2. The Hall–Kier alpha value is -5.22. The predicted octanol–water partition coefficient (Wildman–Crippen LogP) is 6.19. The van der Waals surface area contributed by atoms with E-state index in [0.717, 1.165) is 5.56 Å². The van der Waals surface area contributed by atoms with Crippen LogP contribution in [0.15, 0.2) is 109 Å². The van der Waals surface area contributed by atoms with Gasteiger partial charge in [0.15, 0.2) is 5.78 Å². The van der Waals surface area contributed by atoms with Crippen LogP contribution in [0.1, 0.15) is 44.6 Å². The number of likely N-dealkylation sites (tertiary alicyclic amines) is 1. The van der Waals surface area contributed by atoms with Crippen molar-refractivity contribution in [2.24, 2.45) is 5.92 Å². The van der Waals surface area contributed by atoms with Crippen molar-refractivity contribution >= 4 is 23.5 Å². The molecule has 1 fully saturated rings. The molecule has 198 valence electrons. The smallest absolute Gasteiger partial charge is 0.327 e. The Morgan fingerprint density at radius 1 is 0.800 bits per heavy atom. The van der Waals surface area contributed by atoms with Crippen molar-refractivity contribution in [3.63, 3.8) is 0 Å². The Kier molecular flexibility index (Phi) is 7.43. The van der Waals surface area contributed by atoms with E-state index in [1.165, 1.54) is 4.90 Å². The van der Waals surface area contributed by atoms with E-state index in [1.54, 1.807) is 91.0 Å². The number of benzene rings is 4. The molecule has 40 heavy (non-hydrogen) atoms. The van der Waals surface area contributed by atoms with E-state index in [-0.39, 0.29) is 5.78 Å². The van der Waals surface area contributed by atoms with Crippen molar-refractivity contribution in [3.8, 4) is 6.07 Å². The summed E-state index contributed by atoms with van der Waals surface area (Å²) in [5.74, 6) is -3.23. The number of carbonyl (C=O) groups excluding carboxylic acids is 2. The molecular weight excluding hydrogens is 502 g/mol. The Bertz CT molecular complexity index is 1560. The normalized spacial score (nSPS) is 19.9. The highest BCUT2D eigenvalue weighted by Crippen LogP contribution is 2.51. The number of aliphatic carboxylic acids is 1. The number of Topliss-reactive ketones (excluding diaryl/α,β-unsaturated/α-hetero) is 1. The number of rotatable bonds is 6. The number of hydrogen-bond acceptors (Lipinski definition) is 4. The van der Waals surface area contributed by atoms with E-state index in [1.807, 2.05) is 25.1 Å². The zero-order valence-corrected chi connectivity index (χ0v) is 21.8. The minimum Gasteiger partial charge on any atom is -0.480 e. The summed E-state index contributed by atoms with van der Waals surface area (Å²) in [5.41, 5.74) is 3.57. The number of carboxylic acids is 1. The number of anilines is 1. The van der Waals surface area contributed by atoms with Crippen LogP contribution >= 0.6 is 0 Å². The average Bonchev–Trinajstić information content (AvgIpc) is 3.35. The first-order chi connectivity index (χ1) is 19.4. The molecule has 0 spiro atoms. The van der Waals surface area contributed by atoms with Gasteiger partial charge >= 0.3 is 12.0 Å². The maximum absolute atomic E-state index is 14.3. The van der Waals surface area contributed by atoms with Gasteiger partial charge in [-0.15, -0.1) is 0 Å². The molecule has 4 aromatic rings. The molecule has 4 atom stereocenters. The number of nitrogens with one attached hydrogen (secondary N) is 1. The average molecular weight is 530 g/mol. The Labute approximate surface area is 232 Å². The summed E-state index contributed by atoms with van der Waals surface area (Å²) in [7, 11) is 0. The lowest BCUT2D eigenvalue weighted by molar-refractivity contribution is -0.142. The monoisotopic (exact) mass is 529 g/mol. The summed E-state index contributed by atoms with van der Waals surface area (Å²) in [6, 6.07) is 30.7. The molecule has 0 bridgehead atoms. The minimum absolute atomic E-state index is 0.263. The lowest BCUT2D eigenvalue weighted by Crippen LogP contribution is -2.45. The standard InChI is InChI=1S/C33H27N3O4/c1-21-12-18-26(19-13-21)35-33(40)36-29(24-16-14-22(20-34)15-17-24)28(31(37)25-10-6-3-7-11-25)27(30(36)32(38)39)23-8-4-2-5-9-23/h2-19,27-30H,1H3,(H,35,40)(H,38,39). The molecule has 5 rings (SSSR count). The van der Waals surface area contributed by atoms with E-state index in [9.17, 15) is 24.8 Å². The van der Waals surface area contributed by atoms with Crippen LogP contribution in [0.5, 0.6) is 0 Å². The van der Waals surface area contributed by atoms with Gasteiger partial charge in [0, 0.05) is 17.2 Å². The molecule has 7 nitrogen and oxygen atoms in total. The molecule has 0 aromatic heterocycles. The van der Waals surface area contributed by atoms with Gasteiger partial charge in [-0.25, -0.2) is 9.59 Å². The highest BCUT2D eigenvalue weighted by molar-refractivity contribution is 6.02. The number of nitrogens with zero attached hydrogens (tertiary/aromatic N) is 2. The Morgan fingerprint density at radius 3 is 1.98 bits per heavy atom. The molecule has 1 aliphatic heterocycles. The summed E-state index contributed by atoms with van der Waals surface area (Å²) in [6.07, 6.45) is 0. The van der Waals surface area contributed by atoms with E-state index >= 15 is 0 Å². The van der Waals surface area contributed by atoms with Crippen molar-refractivity contribution in [3.05, 3.63) is 137 Å². The maximum atomic E-state index is 14.3. The number of ketones is 1. The predicted molar refractivity (Wildman–Crippen MR) is 151 cm³/mol. The first kappa shape index (κ1) is 26.4. The number of carboxylic acid groups (broad SMARTS) is 1. The maximum Gasteiger partial charge on any atom is 0.327 e. The SMILES string of the molecule is Cc1ccc(NC(=O)N2C(C(=O)O)C(c3ccccc3)C(C(=O)c3ccccc3)C2c2ccc(C#N)cc2)cc1. The number of aryl methyl sites for hydroxylation is 1. The molecular formula is C33H27N3O4. The molecule has 7 heteroatoms. The first-order valence-electron chi connectivity index (χ1n) is 12.9. The van der Waals surface area contributed by atoms with Crippen LogP contribution in [0.4, 0.5) is 10.5 Å². The van der Waals surface area contributed by atoms with Crippen LogP contribution < -0.4 is 5.32 Å². The third-order valence-electron chi connectivity index (χ3n) is 7.38. The molecule has 2 N–H and O–H groups in total.